The number of amidine groups is 1. The van der Waals surface area contributed by atoms with Crippen LogP contribution >= 0.6 is 27.7 Å². The minimum Gasteiger partial charge on any atom is -0.287 e. The van der Waals surface area contributed by atoms with Gasteiger partial charge in [-0.3, -0.25) is 4.90 Å². The highest BCUT2D eigenvalue weighted by Crippen LogP contribution is 2.45. The number of hydrogen-bond donors (Lipinski definition) is 0. The van der Waals surface area contributed by atoms with Crippen molar-refractivity contribution >= 4 is 44.2 Å². The fraction of sp³-hybridized carbons (Fsp3) is 0. The van der Waals surface area contributed by atoms with E-state index < -0.39 is 0 Å². The summed E-state index contributed by atoms with van der Waals surface area (Å²) in [6.45, 7) is 0. The Morgan fingerprint density at radius 1 is 1.13 bits per heavy atom. The molecule has 0 saturated carbocycles. The summed E-state index contributed by atoms with van der Waals surface area (Å²) in [7, 11) is 0. The van der Waals surface area contributed by atoms with Crippen molar-refractivity contribution in [2.75, 3.05) is 4.90 Å². The van der Waals surface area contributed by atoms with Gasteiger partial charge >= 0.3 is 0 Å². The molecule has 2 heterocycles. The number of halogens is 1. The molecule has 0 spiro atoms. The van der Waals surface area contributed by atoms with Gasteiger partial charge in [0.15, 0.2) is 5.17 Å². The number of fused-ring (bicyclic) bond motifs is 3. The summed E-state index contributed by atoms with van der Waals surface area (Å²) in [6, 6.07) is 18.3. The Labute approximate surface area is 146 Å². The zero-order chi connectivity index (χ0) is 15.8. The SMILES string of the molecule is N#C/C=C1\C=C(c2ccc(Br)cc2)N=C2Sc3ccccc3N21. The van der Waals surface area contributed by atoms with E-state index in [0.717, 1.165) is 37.2 Å². The lowest BCUT2D eigenvalue weighted by molar-refractivity contribution is 1.22. The van der Waals surface area contributed by atoms with Crippen molar-refractivity contribution in [2.45, 2.75) is 4.90 Å². The molecule has 0 radical (unpaired) electrons. The van der Waals surface area contributed by atoms with Crippen LogP contribution in [0.3, 0.4) is 0 Å². The minimum atomic E-state index is 0.841. The first-order valence-electron chi connectivity index (χ1n) is 6.99. The van der Waals surface area contributed by atoms with Crippen molar-refractivity contribution in [3.8, 4) is 6.07 Å². The van der Waals surface area contributed by atoms with Crippen molar-refractivity contribution < 1.29 is 0 Å². The molecule has 2 aromatic carbocycles. The first kappa shape index (κ1) is 14.3. The molecule has 2 aliphatic heterocycles. The van der Waals surface area contributed by atoms with E-state index >= 15 is 0 Å². The van der Waals surface area contributed by atoms with E-state index in [9.17, 15) is 0 Å². The predicted octanol–water partition coefficient (Wildman–Crippen LogP) is 5.18. The molecule has 4 rings (SSSR count). The zero-order valence-electron chi connectivity index (χ0n) is 11.9. The van der Waals surface area contributed by atoms with E-state index in [1.165, 1.54) is 0 Å². The number of hydrogen-bond acceptors (Lipinski definition) is 4. The van der Waals surface area contributed by atoms with Gasteiger partial charge in [-0.1, -0.05) is 40.2 Å². The standard InChI is InChI=1S/C18H10BrN3S/c19-13-7-5-12(6-8-13)15-11-14(9-10-20)22-16-3-1-2-4-17(16)23-18(22)21-15/h1-9,11H/b14-9+. The number of thioether (sulfide) groups is 1. The maximum absolute atomic E-state index is 9.14. The van der Waals surface area contributed by atoms with E-state index in [0.29, 0.717) is 0 Å². The number of aliphatic imine (C=N–C) groups is 1. The average molecular weight is 380 g/mol. The molecule has 0 atom stereocenters. The van der Waals surface area contributed by atoms with E-state index in [-0.39, 0.29) is 0 Å². The molecule has 3 nitrogen and oxygen atoms in total. The number of anilines is 1. The van der Waals surface area contributed by atoms with Crippen LogP contribution in [0.4, 0.5) is 5.69 Å². The normalized spacial score (nSPS) is 17.2. The first-order chi connectivity index (χ1) is 11.3. The van der Waals surface area contributed by atoms with Crippen LogP contribution in [0.25, 0.3) is 5.70 Å². The lowest BCUT2D eigenvalue weighted by Gasteiger charge is -2.24. The Kier molecular flexibility index (Phi) is 3.56. The topological polar surface area (TPSA) is 39.4 Å². The van der Waals surface area contributed by atoms with Gasteiger partial charge in [0.2, 0.25) is 0 Å². The van der Waals surface area contributed by atoms with E-state index in [4.69, 9.17) is 10.3 Å². The number of allylic oxidation sites excluding steroid dienone is 2. The number of para-hydroxylation sites is 1. The van der Waals surface area contributed by atoms with Gasteiger partial charge in [-0.25, -0.2) is 4.99 Å². The molecule has 0 aromatic heterocycles. The molecule has 110 valence electrons. The monoisotopic (exact) mass is 379 g/mol. The van der Waals surface area contributed by atoms with E-state index in [2.05, 4.69) is 34.1 Å². The van der Waals surface area contributed by atoms with Gasteiger partial charge < -0.3 is 0 Å². The molecular weight excluding hydrogens is 370 g/mol. The Morgan fingerprint density at radius 2 is 1.91 bits per heavy atom. The second-order valence-electron chi connectivity index (χ2n) is 5.03. The predicted molar refractivity (Wildman–Crippen MR) is 98.0 cm³/mol. The van der Waals surface area contributed by atoms with Crippen molar-refractivity contribution in [3.63, 3.8) is 0 Å². The molecule has 0 saturated heterocycles. The fourth-order valence-electron chi connectivity index (χ4n) is 2.58. The lowest BCUT2D eigenvalue weighted by Crippen LogP contribution is -2.25. The molecule has 2 aliphatic rings. The highest BCUT2D eigenvalue weighted by molar-refractivity contribution is 9.10. The quantitative estimate of drug-likeness (QED) is 0.640. The Hall–Kier alpha value is -2.29. The van der Waals surface area contributed by atoms with Crippen molar-refractivity contribution in [1.29, 1.82) is 5.26 Å². The van der Waals surface area contributed by atoms with Crippen LogP contribution in [0.5, 0.6) is 0 Å². The third-order valence-corrected chi connectivity index (χ3v) is 5.16. The molecule has 2 aromatic rings. The zero-order valence-corrected chi connectivity index (χ0v) is 14.3. The maximum Gasteiger partial charge on any atom is 0.178 e. The van der Waals surface area contributed by atoms with Gasteiger partial charge in [-0.2, -0.15) is 5.26 Å². The molecule has 23 heavy (non-hydrogen) atoms. The van der Waals surface area contributed by atoms with E-state index in [1.54, 1.807) is 17.8 Å². The average Bonchev–Trinajstić information content (AvgIpc) is 2.94. The smallest absolute Gasteiger partial charge is 0.178 e. The van der Waals surface area contributed by atoms with Gasteiger partial charge in [0.05, 0.1) is 23.2 Å². The maximum atomic E-state index is 9.14. The van der Waals surface area contributed by atoms with Crippen LogP contribution in [0.1, 0.15) is 5.56 Å². The molecule has 0 fully saturated rings. The second kappa shape index (κ2) is 5.73. The number of nitrogens with zero attached hydrogens (tertiary/aromatic N) is 3. The molecule has 0 N–H and O–H groups in total. The Bertz CT molecular complexity index is 920. The van der Waals surface area contributed by atoms with Crippen molar-refractivity contribution in [1.82, 2.24) is 0 Å². The minimum absolute atomic E-state index is 0.841. The number of nitriles is 1. The van der Waals surface area contributed by atoms with Gasteiger partial charge in [0.1, 0.15) is 0 Å². The number of benzene rings is 2. The van der Waals surface area contributed by atoms with Crippen LogP contribution in [0.15, 0.2) is 80.7 Å². The van der Waals surface area contributed by atoms with Crippen molar-refractivity contribution in [3.05, 3.63) is 76.4 Å². The third-order valence-electron chi connectivity index (χ3n) is 3.61. The Morgan fingerprint density at radius 3 is 2.70 bits per heavy atom. The molecular formula is C18H10BrN3S. The second-order valence-corrected chi connectivity index (χ2v) is 6.96. The fourth-order valence-corrected chi connectivity index (χ4v) is 3.89. The van der Waals surface area contributed by atoms with Gasteiger partial charge in [0.25, 0.3) is 0 Å². The largest absolute Gasteiger partial charge is 0.287 e. The summed E-state index contributed by atoms with van der Waals surface area (Å²) < 4.78 is 1.03. The van der Waals surface area contributed by atoms with Crippen LogP contribution in [0, 0.1) is 11.3 Å². The summed E-state index contributed by atoms with van der Waals surface area (Å²) in [5, 5.41) is 10.0. The first-order valence-corrected chi connectivity index (χ1v) is 8.60. The van der Waals surface area contributed by atoms with Crippen LogP contribution < -0.4 is 4.90 Å². The molecule has 0 aliphatic carbocycles. The molecule has 0 amide bonds. The molecule has 0 unspecified atom stereocenters. The van der Waals surface area contributed by atoms with Crippen molar-refractivity contribution in [2.24, 2.45) is 4.99 Å². The van der Waals surface area contributed by atoms with Crippen LogP contribution in [-0.2, 0) is 0 Å². The summed E-state index contributed by atoms with van der Waals surface area (Å²) in [4.78, 5) is 7.98. The van der Waals surface area contributed by atoms with Crippen LogP contribution in [-0.4, -0.2) is 5.17 Å². The highest BCUT2D eigenvalue weighted by Gasteiger charge is 2.31. The van der Waals surface area contributed by atoms with Gasteiger partial charge in [-0.15, -0.1) is 0 Å². The lowest BCUT2D eigenvalue weighted by atomic mass is 10.1. The molecule has 5 heteroatoms. The summed E-state index contributed by atoms with van der Waals surface area (Å²) in [5.41, 5.74) is 3.81. The van der Waals surface area contributed by atoms with E-state index in [1.807, 2.05) is 47.4 Å². The summed E-state index contributed by atoms with van der Waals surface area (Å²) in [5.74, 6) is 0. The van der Waals surface area contributed by atoms with Gasteiger partial charge in [0, 0.05) is 21.0 Å². The molecule has 0 bridgehead atoms. The summed E-state index contributed by atoms with van der Waals surface area (Å²) in [6.07, 6.45) is 3.52. The summed E-state index contributed by atoms with van der Waals surface area (Å²) >= 11 is 5.08. The Balaban J connectivity index is 1.83. The van der Waals surface area contributed by atoms with Gasteiger partial charge in [-0.05, 0) is 42.1 Å². The third kappa shape index (κ3) is 2.50. The van der Waals surface area contributed by atoms with Crippen LogP contribution in [0.2, 0.25) is 0 Å². The number of rotatable bonds is 1. The highest BCUT2D eigenvalue weighted by atomic mass is 79.9.